The fourth-order valence-corrected chi connectivity index (χ4v) is 7.60. The zero-order valence-corrected chi connectivity index (χ0v) is 21.6. The van der Waals surface area contributed by atoms with Crippen LogP contribution in [0.15, 0.2) is 23.1 Å². The molecule has 0 spiro atoms. The van der Waals surface area contributed by atoms with Crippen molar-refractivity contribution in [1.82, 2.24) is 9.71 Å². The van der Waals surface area contributed by atoms with Crippen molar-refractivity contribution in [2.75, 3.05) is 5.32 Å². The van der Waals surface area contributed by atoms with Crippen LogP contribution >= 0.6 is 11.3 Å². The van der Waals surface area contributed by atoms with Crippen LogP contribution < -0.4 is 10.0 Å². The van der Waals surface area contributed by atoms with E-state index in [4.69, 9.17) is 0 Å². The molecule has 2 aromatic rings. The second-order valence-electron chi connectivity index (χ2n) is 9.78. The predicted octanol–water partition coefficient (Wildman–Crippen LogP) is 4.92. The van der Waals surface area contributed by atoms with Gasteiger partial charge in [0.1, 0.15) is 0 Å². The summed E-state index contributed by atoms with van der Waals surface area (Å²) in [6, 6.07) is 5.25. The summed E-state index contributed by atoms with van der Waals surface area (Å²) in [5.41, 5.74) is 2.21. The van der Waals surface area contributed by atoms with Crippen LogP contribution in [-0.2, 0) is 14.8 Å². The van der Waals surface area contributed by atoms with Crippen molar-refractivity contribution in [3.05, 3.63) is 29.5 Å². The number of hydrogen-bond acceptors (Lipinski definition) is 6. The van der Waals surface area contributed by atoms with E-state index in [0.717, 1.165) is 22.6 Å². The maximum atomic E-state index is 13.2. The Labute approximate surface area is 206 Å². The van der Waals surface area contributed by atoms with Crippen LogP contribution in [0.25, 0.3) is 10.4 Å². The molecule has 1 aromatic heterocycles. The molecule has 2 saturated carbocycles. The molecule has 186 valence electrons. The Kier molecular flexibility index (Phi) is 8.07. The Morgan fingerprint density at radius 1 is 1.12 bits per heavy atom. The lowest BCUT2D eigenvalue weighted by molar-refractivity contribution is -0.116. The van der Waals surface area contributed by atoms with Crippen LogP contribution in [0.4, 0.5) is 5.13 Å². The largest absolute Gasteiger partial charge is 0.393 e. The molecule has 3 N–H and O–H groups in total. The van der Waals surface area contributed by atoms with Gasteiger partial charge in [0.15, 0.2) is 5.13 Å². The van der Waals surface area contributed by atoms with Crippen LogP contribution in [0.5, 0.6) is 0 Å². The summed E-state index contributed by atoms with van der Waals surface area (Å²) in [6.45, 7) is 3.66. The van der Waals surface area contributed by atoms with Gasteiger partial charge in [-0.25, -0.2) is 18.1 Å². The Bertz CT molecular complexity index is 1120. The van der Waals surface area contributed by atoms with Gasteiger partial charge in [-0.05, 0) is 69.1 Å². The monoisotopic (exact) mass is 505 g/mol. The molecule has 1 aromatic carbocycles. The van der Waals surface area contributed by atoms with Gasteiger partial charge in [-0.2, -0.15) is 0 Å². The number of amides is 1. The summed E-state index contributed by atoms with van der Waals surface area (Å²) in [6.07, 6.45) is 8.59. The highest BCUT2D eigenvalue weighted by Gasteiger charge is 2.26. The molecular weight excluding hydrogens is 470 g/mol. The Balaban J connectivity index is 1.46. The van der Waals surface area contributed by atoms with Gasteiger partial charge in [0.25, 0.3) is 0 Å². The number of benzene rings is 1. The number of carbonyl (C=O) groups excluding carboxylic acids is 1. The number of rotatable bonds is 8. The van der Waals surface area contributed by atoms with Crippen LogP contribution in [0.1, 0.15) is 75.5 Å². The normalized spacial score (nSPS) is 21.6. The number of anilines is 1. The van der Waals surface area contributed by atoms with Gasteiger partial charge in [-0.15, -0.1) is 0 Å². The molecule has 0 saturated heterocycles. The lowest BCUT2D eigenvalue weighted by Gasteiger charge is -2.26. The first-order valence-corrected chi connectivity index (χ1v) is 14.6. The van der Waals surface area contributed by atoms with Crippen LogP contribution in [-0.4, -0.2) is 36.6 Å². The van der Waals surface area contributed by atoms with Gasteiger partial charge in [0, 0.05) is 12.5 Å². The van der Waals surface area contributed by atoms with Crippen molar-refractivity contribution in [3.8, 4) is 10.4 Å². The number of nitrogens with zero attached hydrogens (tertiary/aromatic N) is 1. The van der Waals surface area contributed by atoms with Crippen LogP contribution in [0, 0.1) is 19.8 Å². The van der Waals surface area contributed by atoms with Crippen molar-refractivity contribution >= 4 is 32.4 Å². The minimum absolute atomic E-state index is 0.0128. The first kappa shape index (κ1) is 25.3. The highest BCUT2D eigenvalue weighted by molar-refractivity contribution is 7.89. The lowest BCUT2D eigenvalue weighted by atomic mass is 9.94. The second kappa shape index (κ2) is 10.8. The van der Waals surface area contributed by atoms with E-state index in [-0.39, 0.29) is 22.9 Å². The highest BCUT2D eigenvalue weighted by Crippen LogP contribution is 2.35. The lowest BCUT2D eigenvalue weighted by Crippen LogP contribution is -2.38. The number of sulfonamides is 1. The zero-order chi connectivity index (χ0) is 24.3. The van der Waals surface area contributed by atoms with Gasteiger partial charge in [0.05, 0.1) is 21.6 Å². The first-order valence-electron chi connectivity index (χ1n) is 12.3. The minimum atomic E-state index is -3.70. The molecule has 1 amide bonds. The minimum Gasteiger partial charge on any atom is -0.393 e. The van der Waals surface area contributed by atoms with Crippen LogP contribution in [0.3, 0.4) is 0 Å². The number of aromatic nitrogens is 1. The van der Waals surface area contributed by atoms with E-state index >= 15 is 0 Å². The number of nitrogens with one attached hydrogen (secondary N) is 2. The number of thiazole rings is 1. The Morgan fingerprint density at radius 3 is 2.53 bits per heavy atom. The van der Waals surface area contributed by atoms with E-state index in [1.807, 2.05) is 19.1 Å². The molecule has 4 rings (SSSR count). The maximum Gasteiger partial charge on any atom is 0.241 e. The standard InChI is InChI=1S/C25H35N3O4S2/c1-16-7-9-19(15-22(16)34(31,32)28-20-10-12-21(29)13-11-20)24-17(2)26-25(33-24)27-23(30)14-8-18-5-3-4-6-18/h7,9,15,18,20-21,28-29H,3-6,8,10-14H2,1-2H3,(H,26,27,30). The quantitative estimate of drug-likeness (QED) is 0.472. The molecule has 0 bridgehead atoms. The van der Waals surface area contributed by atoms with E-state index in [1.54, 1.807) is 13.0 Å². The Morgan fingerprint density at radius 2 is 1.82 bits per heavy atom. The molecule has 2 aliphatic rings. The average Bonchev–Trinajstić information content (AvgIpc) is 3.43. The van der Waals surface area contributed by atoms with Crippen molar-refractivity contribution in [2.24, 2.45) is 5.92 Å². The van der Waals surface area contributed by atoms with E-state index in [0.29, 0.717) is 48.7 Å². The fourth-order valence-electron chi connectivity index (χ4n) is 5.04. The van der Waals surface area contributed by atoms with E-state index in [9.17, 15) is 18.3 Å². The zero-order valence-electron chi connectivity index (χ0n) is 20.0. The number of hydrogen-bond donors (Lipinski definition) is 3. The smallest absolute Gasteiger partial charge is 0.241 e. The van der Waals surface area contributed by atoms with Gasteiger partial charge >= 0.3 is 0 Å². The van der Waals surface area contributed by atoms with E-state index in [2.05, 4.69) is 15.0 Å². The van der Waals surface area contributed by atoms with Gasteiger partial charge < -0.3 is 10.4 Å². The van der Waals surface area contributed by atoms with Gasteiger partial charge in [-0.3, -0.25) is 4.79 Å². The third-order valence-corrected chi connectivity index (χ3v) is 9.84. The number of aliphatic hydroxyl groups excluding tert-OH is 1. The van der Waals surface area contributed by atoms with Crippen molar-refractivity contribution in [2.45, 2.75) is 95.1 Å². The molecule has 2 fully saturated rings. The summed E-state index contributed by atoms with van der Waals surface area (Å²) in [7, 11) is -3.70. The molecule has 0 atom stereocenters. The van der Waals surface area contributed by atoms with Crippen molar-refractivity contribution < 1.29 is 18.3 Å². The Hall–Kier alpha value is -1.81. The molecule has 9 heteroatoms. The molecule has 0 unspecified atom stereocenters. The molecule has 7 nitrogen and oxygen atoms in total. The third kappa shape index (κ3) is 6.24. The van der Waals surface area contributed by atoms with Crippen LogP contribution in [0.2, 0.25) is 0 Å². The number of carbonyl (C=O) groups is 1. The number of aliphatic hydroxyl groups is 1. The predicted molar refractivity (Wildman–Crippen MR) is 135 cm³/mol. The van der Waals surface area contributed by atoms with Crippen molar-refractivity contribution in [1.29, 1.82) is 0 Å². The molecule has 34 heavy (non-hydrogen) atoms. The molecule has 1 heterocycles. The topological polar surface area (TPSA) is 108 Å². The summed E-state index contributed by atoms with van der Waals surface area (Å²) >= 11 is 1.37. The summed E-state index contributed by atoms with van der Waals surface area (Å²) in [5.74, 6) is 0.653. The molecule has 0 aliphatic heterocycles. The van der Waals surface area contributed by atoms with E-state index < -0.39 is 10.0 Å². The fraction of sp³-hybridized carbons (Fsp3) is 0.600. The highest BCUT2D eigenvalue weighted by atomic mass is 32.2. The number of aryl methyl sites for hydroxylation is 2. The maximum absolute atomic E-state index is 13.2. The first-order chi connectivity index (χ1) is 16.2. The summed E-state index contributed by atoms with van der Waals surface area (Å²) in [5, 5.41) is 13.2. The van der Waals surface area contributed by atoms with E-state index in [1.165, 1.54) is 37.0 Å². The average molecular weight is 506 g/mol. The summed E-state index contributed by atoms with van der Waals surface area (Å²) in [4.78, 5) is 18.0. The second-order valence-corrected chi connectivity index (χ2v) is 12.5. The van der Waals surface area contributed by atoms with Crippen molar-refractivity contribution in [3.63, 3.8) is 0 Å². The summed E-state index contributed by atoms with van der Waals surface area (Å²) < 4.78 is 29.1. The molecule has 2 aliphatic carbocycles. The molecular formula is C25H35N3O4S2. The SMILES string of the molecule is Cc1ccc(-c2sc(NC(=O)CCC3CCCC3)nc2C)cc1S(=O)(=O)NC1CCC(O)CC1. The molecule has 0 radical (unpaired) electrons. The third-order valence-electron chi connectivity index (χ3n) is 7.06. The van der Waals surface area contributed by atoms with Gasteiger partial charge in [-0.1, -0.05) is 49.2 Å². The van der Waals surface area contributed by atoms with Gasteiger partial charge in [0.2, 0.25) is 15.9 Å².